The van der Waals surface area contributed by atoms with Crippen molar-refractivity contribution in [1.29, 1.82) is 0 Å². The van der Waals surface area contributed by atoms with Crippen molar-refractivity contribution in [3.63, 3.8) is 0 Å². The summed E-state index contributed by atoms with van der Waals surface area (Å²) in [4.78, 5) is 4.21. The van der Waals surface area contributed by atoms with E-state index in [4.69, 9.17) is 0 Å². The Labute approximate surface area is 106 Å². The van der Waals surface area contributed by atoms with Crippen molar-refractivity contribution in [2.24, 2.45) is 0 Å². The molecule has 0 saturated carbocycles. The van der Waals surface area contributed by atoms with Crippen LogP contribution in [0.5, 0.6) is 11.5 Å². The number of hydrogen-bond acceptors (Lipinski definition) is 4. The van der Waals surface area contributed by atoms with Crippen molar-refractivity contribution in [3.8, 4) is 11.5 Å². The highest BCUT2D eigenvalue weighted by molar-refractivity contribution is 5.38. The number of aromatic nitrogens is 1. The molecule has 2 aromatic rings. The molecule has 0 aliphatic carbocycles. The lowest BCUT2D eigenvalue weighted by atomic mass is 10.2. The van der Waals surface area contributed by atoms with Crippen LogP contribution in [0.1, 0.15) is 16.8 Å². The van der Waals surface area contributed by atoms with Gasteiger partial charge in [0.15, 0.2) is 0 Å². The van der Waals surface area contributed by atoms with Crippen molar-refractivity contribution in [2.45, 2.75) is 20.0 Å². The molecule has 0 aliphatic rings. The lowest BCUT2D eigenvalue weighted by Crippen LogP contribution is -2.12. The molecule has 0 atom stereocenters. The van der Waals surface area contributed by atoms with Crippen LogP contribution in [0.4, 0.5) is 0 Å². The molecular formula is C14H16N2O2. The van der Waals surface area contributed by atoms with Crippen molar-refractivity contribution in [1.82, 2.24) is 10.3 Å². The zero-order valence-electron chi connectivity index (χ0n) is 10.2. The first-order valence-electron chi connectivity index (χ1n) is 5.78. The molecule has 0 spiro atoms. The van der Waals surface area contributed by atoms with Crippen LogP contribution in [-0.4, -0.2) is 15.2 Å². The second-order valence-electron chi connectivity index (χ2n) is 4.22. The average Bonchev–Trinajstić information content (AvgIpc) is 2.34. The fourth-order valence-electron chi connectivity index (χ4n) is 1.65. The first kappa shape index (κ1) is 12.4. The van der Waals surface area contributed by atoms with E-state index in [0.29, 0.717) is 13.1 Å². The van der Waals surface area contributed by atoms with E-state index in [9.17, 15) is 10.2 Å². The molecule has 1 aromatic heterocycles. The third-order valence-corrected chi connectivity index (χ3v) is 2.69. The minimum absolute atomic E-state index is 0.0685. The van der Waals surface area contributed by atoms with Crippen LogP contribution in [0.3, 0.4) is 0 Å². The van der Waals surface area contributed by atoms with Gasteiger partial charge in [0.2, 0.25) is 0 Å². The molecular weight excluding hydrogens is 228 g/mol. The SMILES string of the molecule is Cc1ccc(CNCc2ccc(O)cc2O)cn1. The summed E-state index contributed by atoms with van der Waals surface area (Å²) in [6, 6.07) is 8.58. The molecule has 4 heteroatoms. The number of nitrogens with one attached hydrogen (secondary N) is 1. The van der Waals surface area contributed by atoms with E-state index in [1.807, 2.05) is 25.3 Å². The largest absolute Gasteiger partial charge is 0.508 e. The minimum atomic E-state index is 0.0685. The van der Waals surface area contributed by atoms with Crippen LogP contribution in [0, 0.1) is 6.92 Å². The van der Waals surface area contributed by atoms with Gasteiger partial charge in [-0.25, -0.2) is 0 Å². The van der Waals surface area contributed by atoms with Crippen molar-refractivity contribution in [2.75, 3.05) is 0 Å². The van der Waals surface area contributed by atoms with Gasteiger partial charge in [-0.15, -0.1) is 0 Å². The van der Waals surface area contributed by atoms with Crippen LogP contribution in [-0.2, 0) is 13.1 Å². The first-order chi connectivity index (χ1) is 8.65. The van der Waals surface area contributed by atoms with Gasteiger partial charge in [0, 0.05) is 36.6 Å². The van der Waals surface area contributed by atoms with Crippen molar-refractivity contribution >= 4 is 0 Å². The molecule has 2 rings (SSSR count). The number of pyridine rings is 1. The van der Waals surface area contributed by atoms with Gasteiger partial charge < -0.3 is 15.5 Å². The van der Waals surface area contributed by atoms with Gasteiger partial charge in [-0.05, 0) is 24.6 Å². The van der Waals surface area contributed by atoms with Gasteiger partial charge in [0.1, 0.15) is 11.5 Å². The second-order valence-corrected chi connectivity index (χ2v) is 4.22. The van der Waals surface area contributed by atoms with Gasteiger partial charge >= 0.3 is 0 Å². The highest BCUT2D eigenvalue weighted by Crippen LogP contribution is 2.22. The number of aryl methyl sites for hydroxylation is 1. The zero-order chi connectivity index (χ0) is 13.0. The third kappa shape index (κ3) is 3.21. The molecule has 0 amide bonds. The average molecular weight is 244 g/mol. The zero-order valence-corrected chi connectivity index (χ0v) is 10.2. The Morgan fingerprint density at radius 1 is 1.11 bits per heavy atom. The van der Waals surface area contributed by atoms with Gasteiger partial charge in [0.25, 0.3) is 0 Å². The summed E-state index contributed by atoms with van der Waals surface area (Å²) in [6.45, 7) is 3.18. The number of rotatable bonds is 4. The molecule has 1 aromatic carbocycles. The molecule has 0 saturated heterocycles. The van der Waals surface area contributed by atoms with E-state index in [-0.39, 0.29) is 11.5 Å². The normalized spacial score (nSPS) is 10.5. The summed E-state index contributed by atoms with van der Waals surface area (Å²) in [5, 5.41) is 22.0. The number of nitrogens with zero attached hydrogens (tertiary/aromatic N) is 1. The fraction of sp³-hybridized carbons (Fsp3) is 0.214. The second kappa shape index (κ2) is 5.51. The summed E-state index contributed by atoms with van der Waals surface area (Å²) in [5.41, 5.74) is 2.85. The Balaban J connectivity index is 1.90. The highest BCUT2D eigenvalue weighted by atomic mass is 16.3. The minimum Gasteiger partial charge on any atom is -0.508 e. The van der Waals surface area contributed by atoms with E-state index < -0.39 is 0 Å². The summed E-state index contributed by atoms with van der Waals surface area (Å²) in [7, 11) is 0. The lowest BCUT2D eigenvalue weighted by Gasteiger charge is -2.07. The topological polar surface area (TPSA) is 65.4 Å². The molecule has 0 bridgehead atoms. The predicted octanol–water partition coefficient (Wildman–Crippen LogP) is 2.09. The van der Waals surface area contributed by atoms with Gasteiger partial charge in [0.05, 0.1) is 0 Å². The number of hydrogen-bond donors (Lipinski definition) is 3. The van der Waals surface area contributed by atoms with E-state index in [2.05, 4.69) is 10.3 Å². The highest BCUT2D eigenvalue weighted by Gasteiger charge is 2.02. The van der Waals surface area contributed by atoms with Crippen LogP contribution < -0.4 is 5.32 Å². The molecule has 0 unspecified atom stereocenters. The number of phenols is 2. The summed E-state index contributed by atoms with van der Waals surface area (Å²) >= 11 is 0. The Morgan fingerprint density at radius 3 is 2.61 bits per heavy atom. The molecule has 0 aliphatic heterocycles. The lowest BCUT2D eigenvalue weighted by molar-refractivity contribution is 0.443. The maximum Gasteiger partial charge on any atom is 0.123 e. The van der Waals surface area contributed by atoms with Gasteiger partial charge in [-0.3, -0.25) is 4.98 Å². The molecule has 94 valence electrons. The maximum absolute atomic E-state index is 9.61. The first-order valence-corrected chi connectivity index (χ1v) is 5.78. The maximum atomic E-state index is 9.61. The monoisotopic (exact) mass is 244 g/mol. The van der Waals surface area contributed by atoms with E-state index in [0.717, 1.165) is 16.8 Å². The molecule has 18 heavy (non-hydrogen) atoms. The summed E-state index contributed by atoms with van der Waals surface area (Å²) in [6.07, 6.45) is 1.83. The standard InChI is InChI=1S/C14H16N2O2/c1-10-2-3-11(8-16-10)7-15-9-12-4-5-13(17)6-14(12)18/h2-6,8,15,17-18H,7,9H2,1H3. The Bertz CT molecular complexity index is 524. The van der Waals surface area contributed by atoms with Crippen molar-refractivity contribution < 1.29 is 10.2 Å². The van der Waals surface area contributed by atoms with Crippen molar-refractivity contribution in [3.05, 3.63) is 53.3 Å². The van der Waals surface area contributed by atoms with E-state index in [1.54, 1.807) is 12.1 Å². The fourth-order valence-corrected chi connectivity index (χ4v) is 1.65. The van der Waals surface area contributed by atoms with E-state index in [1.165, 1.54) is 6.07 Å². The van der Waals surface area contributed by atoms with Crippen LogP contribution in [0.2, 0.25) is 0 Å². The number of benzene rings is 1. The molecule has 1 heterocycles. The Kier molecular flexibility index (Phi) is 3.79. The Morgan fingerprint density at radius 2 is 1.94 bits per heavy atom. The molecule has 0 radical (unpaired) electrons. The van der Waals surface area contributed by atoms with Crippen LogP contribution in [0.25, 0.3) is 0 Å². The van der Waals surface area contributed by atoms with E-state index >= 15 is 0 Å². The summed E-state index contributed by atoms with van der Waals surface area (Å²) < 4.78 is 0. The quantitative estimate of drug-likeness (QED) is 0.770. The third-order valence-electron chi connectivity index (χ3n) is 2.69. The molecule has 3 N–H and O–H groups in total. The van der Waals surface area contributed by atoms with Crippen LogP contribution >= 0.6 is 0 Å². The van der Waals surface area contributed by atoms with Crippen LogP contribution in [0.15, 0.2) is 36.5 Å². The predicted molar refractivity (Wildman–Crippen MR) is 69.3 cm³/mol. The summed E-state index contributed by atoms with van der Waals surface area (Å²) in [5.74, 6) is 0.170. The molecule has 4 nitrogen and oxygen atoms in total. The Hall–Kier alpha value is -2.07. The van der Waals surface area contributed by atoms with Gasteiger partial charge in [-0.1, -0.05) is 12.1 Å². The number of aromatic hydroxyl groups is 2. The van der Waals surface area contributed by atoms with Gasteiger partial charge in [-0.2, -0.15) is 0 Å². The smallest absolute Gasteiger partial charge is 0.123 e. The molecule has 0 fully saturated rings. The number of phenolic OH excluding ortho intramolecular Hbond substituents is 2.